The summed E-state index contributed by atoms with van der Waals surface area (Å²) in [6.45, 7) is 4.51. The van der Waals surface area contributed by atoms with Crippen LogP contribution in [-0.4, -0.2) is 29.0 Å². The SMILES string of the molecule is C=Cn1cc(CNC2CCCC2OC)cn1. The van der Waals surface area contributed by atoms with Gasteiger partial charge in [0.2, 0.25) is 0 Å². The molecule has 0 spiro atoms. The van der Waals surface area contributed by atoms with Crippen LogP contribution in [0, 0.1) is 0 Å². The maximum absolute atomic E-state index is 5.44. The van der Waals surface area contributed by atoms with Crippen LogP contribution in [0.25, 0.3) is 6.20 Å². The van der Waals surface area contributed by atoms with Gasteiger partial charge in [0.05, 0.1) is 12.3 Å². The predicted octanol–water partition coefficient (Wildman–Crippen LogP) is 1.64. The van der Waals surface area contributed by atoms with Crippen LogP contribution in [0.3, 0.4) is 0 Å². The van der Waals surface area contributed by atoms with Crippen molar-refractivity contribution in [2.45, 2.75) is 38.0 Å². The first kappa shape index (κ1) is 11.4. The van der Waals surface area contributed by atoms with Gasteiger partial charge in [-0.25, -0.2) is 4.68 Å². The summed E-state index contributed by atoms with van der Waals surface area (Å²) in [4.78, 5) is 0. The van der Waals surface area contributed by atoms with Gasteiger partial charge in [0.25, 0.3) is 0 Å². The fraction of sp³-hybridized carbons (Fsp3) is 0.583. The molecule has 0 aliphatic heterocycles. The summed E-state index contributed by atoms with van der Waals surface area (Å²) in [5.74, 6) is 0. The molecule has 88 valence electrons. The van der Waals surface area contributed by atoms with Crippen molar-refractivity contribution in [3.05, 3.63) is 24.5 Å². The van der Waals surface area contributed by atoms with E-state index in [4.69, 9.17) is 4.74 Å². The molecule has 1 N–H and O–H groups in total. The molecule has 0 aromatic carbocycles. The lowest BCUT2D eigenvalue weighted by Crippen LogP contribution is -2.36. The molecule has 2 unspecified atom stereocenters. The minimum Gasteiger partial charge on any atom is -0.380 e. The summed E-state index contributed by atoms with van der Waals surface area (Å²) < 4.78 is 7.16. The third-order valence-electron chi connectivity index (χ3n) is 3.17. The number of methoxy groups -OCH3 is 1. The number of rotatable bonds is 5. The van der Waals surface area contributed by atoms with E-state index < -0.39 is 0 Å². The van der Waals surface area contributed by atoms with Crippen LogP contribution >= 0.6 is 0 Å². The van der Waals surface area contributed by atoms with Gasteiger partial charge in [-0.2, -0.15) is 5.10 Å². The van der Waals surface area contributed by atoms with Crippen LogP contribution in [0.5, 0.6) is 0 Å². The number of nitrogens with zero attached hydrogens (tertiary/aromatic N) is 2. The van der Waals surface area contributed by atoms with E-state index in [1.54, 1.807) is 18.0 Å². The van der Waals surface area contributed by atoms with Crippen LogP contribution in [0.2, 0.25) is 0 Å². The zero-order valence-electron chi connectivity index (χ0n) is 9.72. The third-order valence-corrected chi connectivity index (χ3v) is 3.17. The second kappa shape index (κ2) is 5.27. The van der Waals surface area contributed by atoms with Gasteiger partial charge in [-0.1, -0.05) is 6.58 Å². The van der Waals surface area contributed by atoms with Crippen LogP contribution in [0.4, 0.5) is 0 Å². The first-order valence-electron chi connectivity index (χ1n) is 5.75. The Morgan fingerprint density at radius 2 is 2.56 bits per heavy atom. The van der Waals surface area contributed by atoms with Gasteiger partial charge in [0.15, 0.2) is 0 Å². The van der Waals surface area contributed by atoms with E-state index in [2.05, 4.69) is 17.0 Å². The molecule has 2 atom stereocenters. The largest absolute Gasteiger partial charge is 0.380 e. The summed E-state index contributed by atoms with van der Waals surface area (Å²) >= 11 is 0. The molecule has 1 aromatic rings. The molecule has 0 bridgehead atoms. The fourth-order valence-corrected chi connectivity index (χ4v) is 2.26. The molecular weight excluding hydrogens is 202 g/mol. The van der Waals surface area contributed by atoms with E-state index in [1.165, 1.54) is 24.8 Å². The summed E-state index contributed by atoms with van der Waals surface area (Å²) in [7, 11) is 1.79. The van der Waals surface area contributed by atoms with E-state index in [-0.39, 0.29) is 0 Å². The van der Waals surface area contributed by atoms with E-state index in [0.717, 1.165) is 6.54 Å². The van der Waals surface area contributed by atoms with Gasteiger partial charge >= 0.3 is 0 Å². The molecule has 1 fully saturated rings. The van der Waals surface area contributed by atoms with Crippen molar-refractivity contribution in [1.82, 2.24) is 15.1 Å². The Morgan fingerprint density at radius 1 is 1.69 bits per heavy atom. The molecule has 1 aromatic heterocycles. The number of hydrogen-bond donors (Lipinski definition) is 1. The fourth-order valence-electron chi connectivity index (χ4n) is 2.26. The Bertz CT molecular complexity index is 348. The predicted molar refractivity (Wildman–Crippen MR) is 63.9 cm³/mol. The van der Waals surface area contributed by atoms with Gasteiger partial charge in [-0.05, 0) is 19.3 Å². The second-order valence-electron chi connectivity index (χ2n) is 4.20. The second-order valence-corrected chi connectivity index (χ2v) is 4.20. The van der Waals surface area contributed by atoms with Gasteiger partial charge in [0, 0.05) is 37.7 Å². The normalized spacial score (nSPS) is 24.8. The van der Waals surface area contributed by atoms with Crippen LogP contribution < -0.4 is 5.32 Å². The highest BCUT2D eigenvalue weighted by Crippen LogP contribution is 2.21. The Kier molecular flexibility index (Phi) is 3.74. The van der Waals surface area contributed by atoms with Gasteiger partial charge < -0.3 is 10.1 Å². The monoisotopic (exact) mass is 221 g/mol. The molecule has 1 aliphatic rings. The van der Waals surface area contributed by atoms with Crippen LogP contribution in [0.15, 0.2) is 19.0 Å². The van der Waals surface area contributed by atoms with Gasteiger partial charge in [-0.15, -0.1) is 0 Å². The molecule has 4 nitrogen and oxygen atoms in total. The van der Waals surface area contributed by atoms with Crippen molar-refractivity contribution >= 4 is 6.20 Å². The standard InChI is InChI=1S/C12H19N3O/c1-3-15-9-10(8-14-15)7-13-11-5-4-6-12(11)16-2/h3,8-9,11-13H,1,4-7H2,2H3. The van der Waals surface area contributed by atoms with Crippen molar-refractivity contribution in [3.8, 4) is 0 Å². The lowest BCUT2D eigenvalue weighted by atomic mass is 10.2. The Hall–Kier alpha value is -1.13. The Labute approximate surface area is 96.3 Å². The molecule has 1 aliphatic carbocycles. The van der Waals surface area contributed by atoms with E-state index in [0.29, 0.717) is 12.1 Å². The molecule has 16 heavy (non-hydrogen) atoms. The summed E-state index contributed by atoms with van der Waals surface area (Å²) in [6.07, 6.45) is 9.53. The third kappa shape index (κ3) is 2.51. The average Bonchev–Trinajstić information content (AvgIpc) is 2.94. The number of aromatic nitrogens is 2. The summed E-state index contributed by atoms with van der Waals surface area (Å²) in [6, 6.07) is 0.483. The lowest BCUT2D eigenvalue weighted by Gasteiger charge is -2.19. The van der Waals surface area contributed by atoms with Crippen LogP contribution in [-0.2, 0) is 11.3 Å². The minimum absolute atomic E-state index is 0.370. The number of nitrogens with one attached hydrogen (secondary N) is 1. The zero-order valence-corrected chi connectivity index (χ0v) is 9.72. The van der Waals surface area contributed by atoms with Crippen molar-refractivity contribution in [3.63, 3.8) is 0 Å². The Morgan fingerprint density at radius 3 is 3.25 bits per heavy atom. The smallest absolute Gasteiger partial charge is 0.0724 e. The Balaban J connectivity index is 1.84. The topological polar surface area (TPSA) is 39.1 Å². The highest BCUT2D eigenvalue weighted by atomic mass is 16.5. The molecule has 4 heteroatoms. The lowest BCUT2D eigenvalue weighted by molar-refractivity contribution is 0.0847. The zero-order chi connectivity index (χ0) is 11.4. The first-order valence-corrected chi connectivity index (χ1v) is 5.75. The van der Waals surface area contributed by atoms with E-state index >= 15 is 0 Å². The molecule has 1 saturated carbocycles. The number of hydrogen-bond acceptors (Lipinski definition) is 3. The van der Waals surface area contributed by atoms with Crippen molar-refractivity contribution in [2.75, 3.05) is 7.11 Å². The van der Waals surface area contributed by atoms with E-state index in [1.807, 2.05) is 12.4 Å². The number of ether oxygens (including phenoxy) is 1. The maximum atomic E-state index is 5.44. The average molecular weight is 221 g/mol. The van der Waals surface area contributed by atoms with Crippen LogP contribution in [0.1, 0.15) is 24.8 Å². The molecule has 2 rings (SSSR count). The van der Waals surface area contributed by atoms with Crippen molar-refractivity contribution in [2.24, 2.45) is 0 Å². The highest BCUT2D eigenvalue weighted by Gasteiger charge is 2.26. The summed E-state index contributed by atoms with van der Waals surface area (Å²) in [5.41, 5.74) is 1.18. The molecule has 0 amide bonds. The summed E-state index contributed by atoms with van der Waals surface area (Å²) in [5, 5.41) is 7.67. The van der Waals surface area contributed by atoms with Crippen molar-refractivity contribution in [1.29, 1.82) is 0 Å². The first-order chi connectivity index (χ1) is 7.83. The van der Waals surface area contributed by atoms with Gasteiger partial charge in [-0.3, -0.25) is 0 Å². The van der Waals surface area contributed by atoms with Crippen molar-refractivity contribution < 1.29 is 4.74 Å². The van der Waals surface area contributed by atoms with Gasteiger partial charge in [0.1, 0.15) is 0 Å². The molecule has 0 radical (unpaired) electrons. The molecule has 0 saturated heterocycles. The van der Waals surface area contributed by atoms with E-state index in [9.17, 15) is 0 Å². The molecular formula is C12H19N3O. The maximum Gasteiger partial charge on any atom is 0.0724 e. The minimum atomic E-state index is 0.370. The quantitative estimate of drug-likeness (QED) is 0.821. The highest BCUT2D eigenvalue weighted by molar-refractivity contribution is 5.17. The molecule has 1 heterocycles.